The molecule has 1 aliphatic heterocycles. The van der Waals surface area contributed by atoms with Gasteiger partial charge in [-0.25, -0.2) is 0 Å². The minimum atomic E-state index is -1.74. The van der Waals surface area contributed by atoms with Gasteiger partial charge in [-0.3, -0.25) is 14.4 Å². The molecular weight excluding hydrogens is 918 g/mol. The van der Waals surface area contributed by atoms with Crippen molar-refractivity contribution in [2.75, 3.05) is 85.9 Å². The summed E-state index contributed by atoms with van der Waals surface area (Å²) >= 11 is 0. The fraction of sp³-hybridized carbons (Fsp3) is 0.844. The number of hydrogen-bond donors (Lipinski definition) is 14. The second-order valence-corrected chi connectivity index (χ2v) is 17.4. The molecule has 1 heterocycles. The van der Waals surface area contributed by atoms with Gasteiger partial charge in [-0.05, 0) is 57.8 Å². The Kier molecular flexibility index (Phi) is 33.2. The zero-order valence-corrected chi connectivity index (χ0v) is 40.7. The van der Waals surface area contributed by atoms with Crippen LogP contribution in [0.25, 0.3) is 0 Å². The third-order valence-corrected chi connectivity index (χ3v) is 10.7. The minimum absolute atomic E-state index is 0.0608. The molecule has 0 radical (unpaired) electrons. The lowest BCUT2D eigenvalue weighted by atomic mass is 9.86. The van der Waals surface area contributed by atoms with Crippen LogP contribution < -0.4 is 16.0 Å². The monoisotopic (exact) mass is 1000 g/mol. The van der Waals surface area contributed by atoms with Crippen LogP contribution in [0.5, 0.6) is 0 Å². The molecule has 1 saturated heterocycles. The van der Waals surface area contributed by atoms with E-state index in [2.05, 4.69) is 16.0 Å². The number of carbonyl (C=O) groups excluding carboxylic acids is 3. The quantitative estimate of drug-likeness (QED) is 0.0196. The molecule has 0 spiro atoms. The average Bonchev–Trinajstić information content (AvgIpc) is 3.29. The fourth-order valence-corrected chi connectivity index (χ4v) is 6.95. The molecule has 0 saturated carbocycles. The fourth-order valence-electron chi connectivity index (χ4n) is 6.95. The molecule has 3 amide bonds. The first-order valence-corrected chi connectivity index (χ1v) is 23.6. The minimum Gasteiger partial charge on any atom is -0.508 e. The second kappa shape index (κ2) is 35.9. The van der Waals surface area contributed by atoms with E-state index in [-0.39, 0.29) is 45.0 Å². The van der Waals surface area contributed by atoms with Crippen LogP contribution in [0.4, 0.5) is 0 Å². The summed E-state index contributed by atoms with van der Waals surface area (Å²) in [5, 5.41) is 117. The molecule has 0 aliphatic carbocycles. The highest BCUT2D eigenvalue weighted by molar-refractivity contribution is 5.75. The van der Waals surface area contributed by atoms with Crippen LogP contribution in [0.15, 0.2) is 22.9 Å². The standard InChI is InChI=1S/C45H83N3O21/c1-30(53)46-33-24-45(62,26-52)36(25-51)69-43(33)68-23-13-7-10-20-65-29-44(4,27-63-18-8-5-11-21-66-41(60)37(47-31(2)54)39(58)34(56)14-16-49)28-64-19-9-6-12-22-67-42(61)38(48-32(3)55)40(59)35(57)15-17-50/h33-36,41-43,49-52,56-62H,5-29H2,1-4H3,(H,46,53)(H,47,54)(H,48,55)/b39-37+,40-38+/t33?,34-,35-,36?,41-,42-,43+,45?/m0/s1. The first kappa shape index (κ1) is 63.9. The van der Waals surface area contributed by atoms with E-state index in [0.717, 1.165) is 20.3 Å². The van der Waals surface area contributed by atoms with Crippen LogP contribution in [0.2, 0.25) is 0 Å². The van der Waals surface area contributed by atoms with Gasteiger partial charge in [-0.2, -0.15) is 0 Å². The molecule has 0 aromatic carbocycles. The summed E-state index contributed by atoms with van der Waals surface area (Å²) in [6, 6.07) is -0.738. The predicted octanol–water partition coefficient (Wildman–Crippen LogP) is -1.13. The van der Waals surface area contributed by atoms with Crippen molar-refractivity contribution in [3.05, 3.63) is 22.9 Å². The molecule has 1 fully saturated rings. The van der Waals surface area contributed by atoms with Crippen LogP contribution in [-0.4, -0.2) is 209 Å². The molecule has 24 nitrogen and oxygen atoms in total. The predicted molar refractivity (Wildman–Crippen MR) is 244 cm³/mol. The van der Waals surface area contributed by atoms with Gasteiger partial charge in [0, 0.05) is 85.1 Å². The summed E-state index contributed by atoms with van der Waals surface area (Å²) in [6.45, 7) is 6.00. The molecule has 404 valence electrons. The van der Waals surface area contributed by atoms with Crippen molar-refractivity contribution < 1.29 is 104 Å². The van der Waals surface area contributed by atoms with Crippen molar-refractivity contribution in [1.29, 1.82) is 0 Å². The lowest BCUT2D eigenvalue weighted by Gasteiger charge is -2.45. The number of amides is 3. The number of ether oxygens (including phenoxy) is 7. The molecule has 1 rings (SSSR count). The molecule has 1 aliphatic rings. The normalized spacial score (nSPS) is 21.8. The van der Waals surface area contributed by atoms with E-state index in [9.17, 15) is 60.3 Å². The highest BCUT2D eigenvalue weighted by atomic mass is 16.7. The van der Waals surface area contributed by atoms with Crippen molar-refractivity contribution >= 4 is 17.7 Å². The SMILES string of the molecule is CC(=O)N/C(=C(/O)[C@@H](O)CCO)[C@@H](O)OCCCCCOCC(C)(COCCCCCO[C@@H]1OC(CO)C(O)(CO)CC1NC(C)=O)COCCCCCO[C@H](O)/C(NC(C)=O)=C(\O)[C@@H](O)CCO. The molecule has 3 unspecified atom stereocenters. The van der Waals surface area contributed by atoms with Gasteiger partial charge < -0.3 is 105 Å². The van der Waals surface area contributed by atoms with E-state index in [0.29, 0.717) is 91.0 Å². The van der Waals surface area contributed by atoms with Gasteiger partial charge in [0.25, 0.3) is 0 Å². The van der Waals surface area contributed by atoms with E-state index >= 15 is 0 Å². The number of aliphatic hydroxyl groups excluding tert-OH is 10. The van der Waals surface area contributed by atoms with Crippen molar-refractivity contribution in [1.82, 2.24) is 16.0 Å². The van der Waals surface area contributed by atoms with Crippen molar-refractivity contribution in [3.63, 3.8) is 0 Å². The summed E-state index contributed by atoms with van der Waals surface area (Å²) in [4.78, 5) is 35.0. The Morgan fingerprint density at radius 1 is 0.638 bits per heavy atom. The summed E-state index contributed by atoms with van der Waals surface area (Å²) < 4.78 is 40.5. The Morgan fingerprint density at radius 2 is 1.04 bits per heavy atom. The number of hydrogen-bond acceptors (Lipinski definition) is 21. The van der Waals surface area contributed by atoms with Crippen molar-refractivity contribution in [2.24, 2.45) is 5.41 Å². The summed E-state index contributed by atoms with van der Waals surface area (Å²) in [5.74, 6) is -3.00. The maximum Gasteiger partial charge on any atom is 0.221 e. The second-order valence-electron chi connectivity index (χ2n) is 17.4. The van der Waals surface area contributed by atoms with E-state index in [1.165, 1.54) is 6.92 Å². The molecule has 0 bridgehead atoms. The lowest BCUT2D eigenvalue weighted by Crippen LogP contribution is -2.63. The summed E-state index contributed by atoms with van der Waals surface area (Å²) in [5.41, 5.74) is -3.11. The smallest absolute Gasteiger partial charge is 0.221 e. The topological polar surface area (TPSA) is 374 Å². The Labute approximate surface area is 404 Å². The van der Waals surface area contributed by atoms with Gasteiger partial charge in [-0.1, -0.05) is 6.92 Å². The van der Waals surface area contributed by atoms with Gasteiger partial charge in [-0.15, -0.1) is 0 Å². The van der Waals surface area contributed by atoms with Gasteiger partial charge in [0.15, 0.2) is 18.9 Å². The number of aliphatic hydroxyl groups is 11. The van der Waals surface area contributed by atoms with Crippen LogP contribution in [0.1, 0.15) is 105 Å². The van der Waals surface area contributed by atoms with E-state index in [4.69, 9.17) is 43.4 Å². The van der Waals surface area contributed by atoms with Crippen molar-refractivity contribution in [3.8, 4) is 0 Å². The average molecular weight is 1000 g/mol. The van der Waals surface area contributed by atoms with Gasteiger partial charge in [0.2, 0.25) is 17.7 Å². The van der Waals surface area contributed by atoms with Crippen LogP contribution in [-0.2, 0) is 47.5 Å². The third kappa shape index (κ3) is 26.2. The maximum absolute atomic E-state index is 11.8. The lowest BCUT2D eigenvalue weighted by molar-refractivity contribution is -0.277. The van der Waals surface area contributed by atoms with Crippen LogP contribution >= 0.6 is 0 Å². The Bertz CT molecular complexity index is 1440. The summed E-state index contributed by atoms with van der Waals surface area (Å²) in [6.07, 6.45) is -3.42. The molecule has 0 aromatic heterocycles. The molecule has 24 heteroatoms. The van der Waals surface area contributed by atoms with Crippen LogP contribution in [0, 0.1) is 5.41 Å². The highest BCUT2D eigenvalue weighted by Gasteiger charge is 2.48. The Balaban J connectivity index is 2.69. The first-order chi connectivity index (χ1) is 32.8. The number of unbranched alkanes of at least 4 members (excludes halogenated alkanes) is 6. The molecule has 0 aromatic rings. The van der Waals surface area contributed by atoms with Crippen LogP contribution in [0.3, 0.4) is 0 Å². The number of carbonyl (C=O) groups is 3. The zero-order chi connectivity index (χ0) is 51.8. The number of rotatable bonds is 40. The first-order valence-electron chi connectivity index (χ1n) is 23.6. The molecule has 8 atom stereocenters. The molecular formula is C45H83N3O21. The summed E-state index contributed by atoms with van der Waals surface area (Å²) in [7, 11) is 0. The largest absolute Gasteiger partial charge is 0.508 e. The zero-order valence-electron chi connectivity index (χ0n) is 40.7. The van der Waals surface area contributed by atoms with E-state index in [1.54, 1.807) is 0 Å². The number of nitrogens with one attached hydrogen (secondary N) is 3. The molecule has 69 heavy (non-hydrogen) atoms. The van der Waals surface area contributed by atoms with E-state index < -0.39 is 115 Å². The van der Waals surface area contributed by atoms with E-state index in [1.807, 2.05) is 6.92 Å². The Hall–Kier alpha value is -3.15. The Morgan fingerprint density at radius 3 is 1.41 bits per heavy atom. The van der Waals surface area contributed by atoms with Crippen molar-refractivity contribution in [2.45, 2.75) is 154 Å². The van der Waals surface area contributed by atoms with Gasteiger partial charge in [0.1, 0.15) is 46.8 Å². The highest BCUT2D eigenvalue weighted by Crippen LogP contribution is 2.30. The third-order valence-electron chi connectivity index (χ3n) is 10.7. The molecule has 14 N–H and O–H groups in total. The van der Waals surface area contributed by atoms with Gasteiger partial charge >= 0.3 is 0 Å². The maximum atomic E-state index is 11.8. The van der Waals surface area contributed by atoms with Gasteiger partial charge in [0.05, 0.1) is 52.3 Å².